The number of hydrogen-bond donors (Lipinski definition) is 0. The van der Waals surface area contributed by atoms with Crippen LogP contribution in [0.15, 0.2) is 36.5 Å². The van der Waals surface area contributed by atoms with Crippen LogP contribution in [-0.4, -0.2) is 42.0 Å². The molecule has 0 saturated carbocycles. The Labute approximate surface area is 169 Å². The van der Waals surface area contributed by atoms with Crippen molar-refractivity contribution in [1.29, 1.82) is 0 Å². The van der Waals surface area contributed by atoms with Crippen LogP contribution in [0.5, 0.6) is 0 Å². The summed E-state index contributed by atoms with van der Waals surface area (Å²) in [5, 5.41) is 0. The molecule has 0 aliphatic carbocycles. The van der Waals surface area contributed by atoms with Gasteiger partial charge in [0.1, 0.15) is 5.82 Å². The summed E-state index contributed by atoms with van der Waals surface area (Å²) < 4.78 is 38.1. The maximum absolute atomic E-state index is 12.7. The van der Waals surface area contributed by atoms with Crippen molar-refractivity contribution in [2.24, 2.45) is 0 Å². The normalized spacial score (nSPS) is 15.3. The van der Waals surface area contributed by atoms with Gasteiger partial charge < -0.3 is 9.80 Å². The second-order valence-corrected chi connectivity index (χ2v) is 7.55. The average Bonchev–Trinajstić information content (AvgIpc) is 2.93. The molecular formula is C22H26F3N3O. The van der Waals surface area contributed by atoms with Gasteiger partial charge in [0, 0.05) is 38.8 Å². The molecule has 1 aliphatic rings. The van der Waals surface area contributed by atoms with Crippen LogP contribution in [0, 0.1) is 13.8 Å². The molecule has 3 rings (SSSR count). The van der Waals surface area contributed by atoms with Crippen molar-refractivity contribution in [2.45, 2.75) is 39.3 Å². The van der Waals surface area contributed by atoms with Gasteiger partial charge in [0.2, 0.25) is 5.91 Å². The van der Waals surface area contributed by atoms with Crippen LogP contribution in [-0.2, 0) is 17.4 Å². The molecule has 0 bridgehead atoms. The van der Waals surface area contributed by atoms with Gasteiger partial charge in [-0.25, -0.2) is 4.98 Å². The van der Waals surface area contributed by atoms with Gasteiger partial charge in [-0.1, -0.05) is 23.8 Å². The molecule has 156 valence electrons. The zero-order chi connectivity index (χ0) is 21.0. The van der Waals surface area contributed by atoms with E-state index in [1.165, 1.54) is 22.8 Å². The van der Waals surface area contributed by atoms with Crippen molar-refractivity contribution in [2.75, 3.05) is 31.1 Å². The molecule has 1 aromatic carbocycles. The number of benzene rings is 1. The van der Waals surface area contributed by atoms with Crippen LogP contribution in [0.2, 0.25) is 0 Å². The molecular weight excluding hydrogens is 379 g/mol. The molecule has 1 aromatic heterocycles. The summed E-state index contributed by atoms with van der Waals surface area (Å²) in [7, 11) is 0. The smallest absolute Gasteiger partial charge is 0.355 e. The lowest BCUT2D eigenvalue weighted by molar-refractivity contribution is -0.137. The van der Waals surface area contributed by atoms with E-state index >= 15 is 0 Å². The van der Waals surface area contributed by atoms with Crippen LogP contribution in [0.25, 0.3) is 0 Å². The minimum Gasteiger partial charge on any atom is -0.355 e. The standard InChI is InChI=1S/C22H26F3N3O/c1-16-4-5-18(17(2)14-16)6-9-21(29)28-11-3-10-27(12-13-28)20-8-7-19(15-26-20)22(23,24)25/h4-5,7-8,14-15H,3,6,9-13H2,1-2H3. The summed E-state index contributed by atoms with van der Waals surface area (Å²) in [6.45, 7) is 6.55. The average molecular weight is 405 g/mol. The Morgan fingerprint density at radius 1 is 1.07 bits per heavy atom. The quantitative estimate of drug-likeness (QED) is 0.757. The summed E-state index contributed by atoms with van der Waals surface area (Å²) in [6.07, 6.45) is -1.58. The molecule has 2 heterocycles. The van der Waals surface area contributed by atoms with Gasteiger partial charge in [0.05, 0.1) is 5.56 Å². The second-order valence-electron chi connectivity index (χ2n) is 7.55. The highest BCUT2D eigenvalue weighted by molar-refractivity contribution is 5.76. The lowest BCUT2D eigenvalue weighted by Crippen LogP contribution is -2.35. The monoisotopic (exact) mass is 405 g/mol. The van der Waals surface area contributed by atoms with Crippen LogP contribution < -0.4 is 4.90 Å². The van der Waals surface area contributed by atoms with E-state index in [4.69, 9.17) is 0 Å². The minimum absolute atomic E-state index is 0.118. The molecule has 0 spiro atoms. The van der Waals surface area contributed by atoms with Crippen LogP contribution in [0.4, 0.5) is 19.0 Å². The Morgan fingerprint density at radius 3 is 2.52 bits per heavy atom. The third-order valence-electron chi connectivity index (χ3n) is 5.35. The third-order valence-corrected chi connectivity index (χ3v) is 5.35. The SMILES string of the molecule is Cc1ccc(CCC(=O)N2CCCN(c3ccc(C(F)(F)F)cn3)CC2)c(C)c1. The van der Waals surface area contributed by atoms with E-state index in [1.807, 2.05) is 9.80 Å². The Hall–Kier alpha value is -2.57. The molecule has 4 nitrogen and oxygen atoms in total. The van der Waals surface area contributed by atoms with Gasteiger partial charge in [-0.3, -0.25) is 4.79 Å². The van der Waals surface area contributed by atoms with Gasteiger partial charge >= 0.3 is 6.18 Å². The highest BCUT2D eigenvalue weighted by Crippen LogP contribution is 2.29. The fourth-order valence-electron chi connectivity index (χ4n) is 3.66. The van der Waals surface area contributed by atoms with E-state index in [2.05, 4.69) is 37.0 Å². The first-order valence-electron chi connectivity index (χ1n) is 9.86. The number of anilines is 1. The van der Waals surface area contributed by atoms with Gasteiger partial charge in [0.15, 0.2) is 0 Å². The van der Waals surface area contributed by atoms with Crippen LogP contribution in [0.1, 0.15) is 35.1 Å². The number of halogens is 3. The maximum atomic E-state index is 12.7. The molecule has 1 aliphatic heterocycles. The van der Waals surface area contributed by atoms with Crippen molar-refractivity contribution < 1.29 is 18.0 Å². The molecule has 0 radical (unpaired) electrons. The highest BCUT2D eigenvalue weighted by atomic mass is 19.4. The molecule has 7 heteroatoms. The zero-order valence-corrected chi connectivity index (χ0v) is 16.8. The first-order chi connectivity index (χ1) is 13.7. The fraction of sp³-hybridized carbons (Fsp3) is 0.455. The van der Waals surface area contributed by atoms with Crippen molar-refractivity contribution >= 4 is 11.7 Å². The van der Waals surface area contributed by atoms with E-state index in [-0.39, 0.29) is 5.91 Å². The topological polar surface area (TPSA) is 36.4 Å². The van der Waals surface area contributed by atoms with Crippen molar-refractivity contribution in [3.05, 3.63) is 58.8 Å². The second kappa shape index (κ2) is 8.84. The number of hydrogen-bond acceptors (Lipinski definition) is 3. The molecule has 0 unspecified atom stereocenters. The molecule has 2 aromatic rings. The Morgan fingerprint density at radius 2 is 1.86 bits per heavy atom. The molecule has 0 N–H and O–H groups in total. The van der Waals surface area contributed by atoms with Gasteiger partial charge in [-0.05, 0) is 49.9 Å². The van der Waals surface area contributed by atoms with Crippen LogP contribution in [0.3, 0.4) is 0 Å². The number of pyridine rings is 1. The van der Waals surface area contributed by atoms with Gasteiger partial charge in [0.25, 0.3) is 0 Å². The molecule has 1 saturated heterocycles. The summed E-state index contributed by atoms with van der Waals surface area (Å²) in [5.74, 6) is 0.634. The first-order valence-corrected chi connectivity index (χ1v) is 9.86. The van der Waals surface area contributed by atoms with Crippen molar-refractivity contribution in [3.8, 4) is 0 Å². The van der Waals surface area contributed by atoms with Crippen molar-refractivity contribution in [3.63, 3.8) is 0 Å². The predicted molar refractivity (Wildman–Crippen MR) is 107 cm³/mol. The summed E-state index contributed by atoms with van der Waals surface area (Å²) in [5.41, 5.74) is 2.85. The van der Waals surface area contributed by atoms with E-state index in [9.17, 15) is 18.0 Å². The lowest BCUT2D eigenvalue weighted by Gasteiger charge is -2.23. The molecule has 0 atom stereocenters. The fourth-order valence-corrected chi connectivity index (χ4v) is 3.66. The van der Waals surface area contributed by atoms with E-state index in [0.717, 1.165) is 18.7 Å². The number of alkyl halides is 3. The number of aromatic nitrogens is 1. The summed E-state index contributed by atoms with van der Waals surface area (Å²) >= 11 is 0. The Kier molecular flexibility index (Phi) is 6.45. The number of carbonyl (C=O) groups is 1. The number of rotatable bonds is 4. The van der Waals surface area contributed by atoms with E-state index < -0.39 is 11.7 Å². The third kappa shape index (κ3) is 5.49. The molecule has 1 amide bonds. The molecule has 29 heavy (non-hydrogen) atoms. The number of carbonyl (C=O) groups excluding carboxylic acids is 1. The number of aryl methyl sites for hydroxylation is 3. The van der Waals surface area contributed by atoms with Gasteiger partial charge in [-0.2, -0.15) is 13.2 Å². The molecule has 1 fully saturated rings. The maximum Gasteiger partial charge on any atom is 0.417 e. The Balaban J connectivity index is 1.55. The number of amides is 1. The summed E-state index contributed by atoms with van der Waals surface area (Å²) in [6, 6.07) is 8.73. The first kappa shape index (κ1) is 21.1. The predicted octanol–water partition coefficient (Wildman–Crippen LogP) is 4.39. The highest BCUT2D eigenvalue weighted by Gasteiger charge is 2.31. The lowest BCUT2D eigenvalue weighted by atomic mass is 10.0. The van der Waals surface area contributed by atoms with Crippen molar-refractivity contribution in [1.82, 2.24) is 9.88 Å². The minimum atomic E-state index is -4.39. The zero-order valence-electron chi connectivity index (χ0n) is 16.8. The van der Waals surface area contributed by atoms with E-state index in [1.54, 1.807) is 0 Å². The summed E-state index contributed by atoms with van der Waals surface area (Å²) in [4.78, 5) is 20.4. The van der Waals surface area contributed by atoms with Gasteiger partial charge in [-0.15, -0.1) is 0 Å². The van der Waals surface area contributed by atoms with E-state index in [0.29, 0.717) is 44.8 Å². The van der Waals surface area contributed by atoms with Crippen LogP contribution >= 0.6 is 0 Å². The largest absolute Gasteiger partial charge is 0.417 e. The number of nitrogens with zero attached hydrogens (tertiary/aromatic N) is 3. The Bertz CT molecular complexity index is 849.